The molecule has 2 bridgehead atoms. The van der Waals surface area contributed by atoms with Crippen LogP contribution in [0.15, 0.2) is 0 Å². The molecule has 1 saturated heterocycles. The largest absolute Gasteiger partial charge is 0.342 e. The Morgan fingerprint density at radius 1 is 1.16 bits per heavy atom. The maximum Gasteiger partial charge on any atom is 0.227 e. The van der Waals surface area contributed by atoms with Crippen LogP contribution in [0.2, 0.25) is 0 Å². The van der Waals surface area contributed by atoms with Gasteiger partial charge in [0.25, 0.3) is 0 Å². The van der Waals surface area contributed by atoms with Crippen LogP contribution in [0.4, 0.5) is 0 Å². The van der Waals surface area contributed by atoms with Crippen LogP contribution in [0.5, 0.6) is 0 Å². The lowest BCUT2D eigenvalue weighted by molar-refractivity contribution is -0.139. The highest BCUT2D eigenvalue weighted by Gasteiger charge is 2.50. The molecule has 4 unspecified atom stereocenters. The second-order valence-electron chi connectivity index (χ2n) is 6.99. The summed E-state index contributed by atoms with van der Waals surface area (Å²) in [7, 11) is 0. The Kier molecular flexibility index (Phi) is 3.84. The predicted octanol–water partition coefficient (Wildman–Crippen LogP) is 2.40. The van der Waals surface area contributed by atoms with Crippen LogP contribution in [0, 0.1) is 23.7 Å². The minimum atomic E-state index is 0.152. The first-order valence-corrected chi connectivity index (χ1v) is 8.25. The van der Waals surface area contributed by atoms with Crippen LogP contribution >= 0.6 is 0 Å². The average molecular weight is 264 g/mol. The molecular formula is C16H28N2O. The van der Waals surface area contributed by atoms with Crippen LogP contribution in [-0.4, -0.2) is 29.9 Å². The lowest BCUT2D eigenvalue weighted by Gasteiger charge is -2.37. The van der Waals surface area contributed by atoms with Crippen molar-refractivity contribution in [3.05, 3.63) is 0 Å². The smallest absolute Gasteiger partial charge is 0.227 e. The molecule has 2 aliphatic carbocycles. The molecule has 3 nitrogen and oxygen atoms in total. The maximum absolute atomic E-state index is 12.7. The van der Waals surface area contributed by atoms with Crippen molar-refractivity contribution >= 4 is 5.91 Å². The van der Waals surface area contributed by atoms with Crippen LogP contribution in [0.3, 0.4) is 0 Å². The molecule has 0 aromatic heterocycles. The fourth-order valence-corrected chi connectivity index (χ4v) is 4.76. The Bertz CT molecular complexity index is 334. The van der Waals surface area contributed by atoms with E-state index in [0.29, 0.717) is 17.7 Å². The molecule has 3 aliphatic rings. The first kappa shape index (κ1) is 13.4. The number of nitrogens with zero attached hydrogens (tertiary/aromatic N) is 1. The molecule has 3 heteroatoms. The number of hydrogen-bond donors (Lipinski definition) is 1. The van der Waals surface area contributed by atoms with E-state index in [1.807, 2.05) is 0 Å². The Morgan fingerprint density at radius 3 is 2.42 bits per heavy atom. The van der Waals surface area contributed by atoms with Gasteiger partial charge in [0, 0.05) is 19.1 Å². The summed E-state index contributed by atoms with van der Waals surface area (Å²) >= 11 is 0. The van der Waals surface area contributed by atoms with E-state index in [-0.39, 0.29) is 12.0 Å². The van der Waals surface area contributed by atoms with E-state index in [4.69, 9.17) is 5.73 Å². The molecule has 0 aromatic rings. The highest BCUT2D eigenvalue weighted by molar-refractivity contribution is 5.80. The van der Waals surface area contributed by atoms with Gasteiger partial charge in [-0.05, 0) is 49.9 Å². The first-order chi connectivity index (χ1) is 9.20. The van der Waals surface area contributed by atoms with Gasteiger partial charge in [-0.15, -0.1) is 0 Å². The summed E-state index contributed by atoms with van der Waals surface area (Å²) in [6.07, 6.45) is 8.72. The number of fused-ring (bicyclic) bond motifs is 2. The van der Waals surface area contributed by atoms with Crippen molar-refractivity contribution in [1.82, 2.24) is 4.90 Å². The molecule has 4 atom stereocenters. The van der Waals surface area contributed by atoms with E-state index < -0.39 is 0 Å². The van der Waals surface area contributed by atoms with Gasteiger partial charge in [0.2, 0.25) is 5.91 Å². The molecule has 0 radical (unpaired) electrons. The number of hydrogen-bond acceptors (Lipinski definition) is 2. The molecule has 108 valence electrons. The number of nitrogens with two attached hydrogens (primary N) is 1. The predicted molar refractivity (Wildman–Crippen MR) is 76.5 cm³/mol. The molecule has 0 spiro atoms. The van der Waals surface area contributed by atoms with Crippen molar-refractivity contribution in [3.8, 4) is 0 Å². The molecule has 0 aromatic carbocycles. The van der Waals surface area contributed by atoms with Gasteiger partial charge < -0.3 is 10.6 Å². The van der Waals surface area contributed by atoms with E-state index in [9.17, 15) is 4.79 Å². The Morgan fingerprint density at radius 2 is 1.84 bits per heavy atom. The zero-order valence-corrected chi connectivity index (χ0v) is 12.2. The summed E-state index contributed by atoms with van der Waals surface area (Å²) in [5.41, 5.74) is 6.30. The van der Waals surface area contributed by atoms with Crippen molar-refractivity contribution in [2.75, 3.05) is 13.1 Å². The molecule has 1 amide bonds. The molecule has 2 N–H and O–H groups in total. The minimum Gasteiger partial charge on any atom is -0.342 e. The molecule has 3 fully saturated rings. The van der Waals surface area contributed by atoms with Crippen molar-refractivity contribution in [3.63, 3.8) is 0 Å². The molecule has 3 rings (SSSR count). The zero-order valence-electron chi connectivity index (χ0n) is 12.2. The van der Waals surface area contributed by atoms with Crippen LogP contribution in [-0.2, 0) is 4.79 Å². The maximum atomic E-state index is 12.7. The third-order valence-corrected chi connectivity index (χ3v) is 5.89. The van der Waals surface area contributed by atoms with Gasteiger partial charge in [0.1, 0.15) is 0 Å². The van der Waals surface area contributed by atoms with Gasteiger partial charge in [-0.3, -0.25) is 4.79 Å². The third-order valence-electron chi connectivity index (χ3n) is 5.89. The Hall–Kier alpha value is -0.570. The first-order valence-electron chi connectivity index (χ1n) is 8.25. The van der Waals surface area contributed by atoms with E-state index >= 15 is 0 Å². The molecular weight excluding hydrogens is 236 g/mol. The highest BCUT2D eigenvalue weighted by Crippen LogP contribution is 2.48. The molecule has 1 aliphatic heterocycles. The van der Waals surface area contributed by atoms with Crippen molar-refractivity contribution < 1.29 is 4.79 Å². The number of carbonyl (C=O) groups excluding carboxylic acids is 1. The topological polar surface area (TPSA) is 46.3 Å². The summed E-state index contributed by atoms with van der Waals surface area (Å²) in [5, 5.41) is 0. The SMILES string of the molecule is CCCC1CCN(C(=O)C2C3CCC(C3)C2N)CC1. The van der Waals surface area contributed by atoms with E-state index in [0.717, 1.165) is 19.0 Å². The average Bonchev–Trinajstić information content (AvgIpc) is 3.00. The number of likely N-dealkylation sites (tertiary alicyclic amines) is 1. The molecule has 19 heavy (non-hydrogen) atoms. The molecule has 2 saturated carbocycles. The normalized spacial score (nSPS) is 38.9. The lowest BCUT2D eigenvalue weighted by atomic mass is 9.83. The van der Waals surface area contributed by atoms with Crippen LogP contribution < -0.4 is 5.73 Å². The van der Waals surface area contributed by atoms with Crippen LogP contribution in [0.25, 0.3) is 0 Å². The number of carbonyl (C=O) groups is 1. The summed E-state index contributed by atoms with van der Waals surface area (Å²) < 4.78 is 0. The van der Waals surface area contributed by atoms with Gasteiger partial charge in [-0.2, -0.15) is 0 Å². The molecule has 1 heterocycles. The summed E-state index contributed by atoms with van der Waals surface area (Å²) in [6, 6.07) is 0.152. The second kappa shape index (κ2) is 5.43. The summed E-state index contributed by atoms with van der Waals surface area (Å²) in [6.45, 7) is 4.21. The zero-order chi connectivity index (χ0) is 13.4. The summed E-state index contributed by atoms with van der Waals surface area (Å²) in [5.74, 6) is 2.62. The van der Waals surface area contributed by atoms with Crippen molar-refractivity contribution in [2.24, 2.45) is 29.4 Å². The third kappa shape index (κ3) is 2.42. The quantitative estimate of drug-likeness (QED) is 0.851. The van der Waals surface area contributed by atoms with Gasteiger partial charge in [0.15, 0.2) is 0 Å². The van der Waals surface area contributed by atoms with E-state index in [1.54, 1.807) is 0 Å². The van der Waals surface area contributed by atoms with Crippen molar-refractivity contribution in [1.29, 1.82) is 0 Å². The lowest BCUT2D eigenvalue weighted by Crippen LogP contribution is -2.49. The monoisotopic (exact) mass is 264 g/mol. The number of amides is 1. The van der Waals surface area contributed by atoms with E-state index in [2.05, 4.69) is 11.8 Å². The Labute approximate surface area is 116 Å². The number of piperidine rings is 1. The Balaban J connectivity index is 1.57. The van der Waals surface area contributed by atoms with Crippen LogP contribution in [0.1, 0.15) is 51.9 Å². The van der Waals surface area contributed by atoms with Gasteiger partial charge in [-0.25, -0.2) is 0 Å². The minimum absolute atomic E-state index is 0.152. The fraction of sp³-hybridized carbons (Fsp3) is 0.938. The second-order valence-corrected chi connectivity index (χ2v) is 6.99. The van der Waals surface area contributed by atoms with Gasteiger partial charge in [0.05, 0.1) is 5.92 Å². The summed E-state index contributed by atoms with van der Waals surface area (Å²) in [4.78, 5) is 14.8. The fourth-order valence-electron chi connectivity index (χ4n) is 4.76. The van der Waals surface area contributed by atoms with Crippen molar-refractivity contribution in [2.45, 2.75) is 57.9 Å². The van der Waals surface area contributed by atoms with Gasteiger partial charge >= 0.3 is 0 Å². The standard InChI is InChI=1S/C16H28N2O/c1-2-3-11-6-8-18(9-7-11)16(19)14-12-4-5-13(10-12)15(14)17/h11-15H,2-10,17H2,1H3. The van der Waals surface area contributed by atoms with Gasteiger partial charge in [-0.1, -0.05) is 19.8 Å². The highest BCUT2D eigenvalue weighted by atomic mass is 16.2. The van der Waals surface area contributed by atoms with E-state index in [1.165, 1.54) is 44.9 Å². The number of rotatable bonds is 3.